The Hall–Kier alpha value is -0.650. The van der Waals surface area contributed by atoms with Gasteiger partial charge in [0.2, 0.25) is 0 Å². The molecule has 0 bridgehead atoms. The van der Waals surface area contributed by atoms with E-state index >= 15 is 0 Å². The summed E-state index contributed by atoms with van der Waals surface area (Å²) in [5.74, 6) is 0. The van der Waals surface area contributed by atoms with Gasteiger partial charge in [0.25, 0.3) is 0 Å². The summed E-state index contributed by atoms with van der Waals surface area (Å²) in [5.41, 5.74) is 6.71. The van der Waals surface area contributed by atoms with Crippen LogP contribution >= 0.6 is 11.3 Å². The second-order valence-electron chi connectivity index (χ2n) is 3.38. The van der Waals surface area contributed by atoms with E-state index in [9.17, 15) is 0 Å². The number of thiazole rings is 1. The highest BCUT2D eigenvalue weighted by Crippen LogP contribution is 2.37. The highest BCUT2D eigenvalue weighted by molar-refractivity contribution is 7.15. The molecule has 0 amide bonds. The fourth-order valence-corrected chi connectivity index (χ4v) is 2.76. The van der Waals surface area contributed by atoms with Gasteiger partial charge >= 0.3 is 0 Å². The predicted molar refractivity (Wildman–Crippen MR) is 55.4 cm³/mol. The van der Waals surface area contributed by atoms with Crippen LogP contribution in [0.1, 0.15) is 23.1 Å². The van der Waals surface area contributed by atoms with E-state index in [2.05, 4.69) is 4.98 Å². The van der Waals surface area contributed by atoms with E-state index in [4.69, 9.17) is 15.2 Å². The molecule has 1 aliphatic carbocycles. The summed E-state index contributed by atoms with van der Waals surface area (Å²) in [4.78, 5) is 5.45. The standard InChI is InChI=1S/C9H14N2O2S/c1-12-5-3-6-8(7(4-5)13-2)14-9(10)11-6/h5,7H,3-4H2,1-2H3,(H2,10,11). The van der Waals surface area contributed by atoms with Crippen LogP contribution in [0.4, 0.5) is 5.13 Å². The van der Waals surface area contributed by atoms with Gasteiger partial charge < -0.3 is 15.2 Å². The van der Waals surface area contributed by atoms with Gasteiger partial charge in [-0.05, 0) is 0 Å². The number of hydrogen-bond acceptors (Lipinski definition) is 5. The maximum atomic E-state index is 5.67. The fourth-order valence-electron chi connectivity index (χ4n) is 1.81. The van der Waals surface area contributed by atoms with Gasteiger partial charge in [-0.3, -0.25) is 0 Å². The van der Waals surface area contributed by atoms with Crippen LogP contribution in [0.5, 0.6) is 0 Å². The van der Waals surface area contributed by atoms with Crippen LogP contribution in [0.25, 0.3) is 0 Å². The zero-order valence-corrected chi connectivity index (χ0v) is 9.13. The van der Waals surface area contributed by atoms with Gasteiger partial charge in [-0.15, -0.1) is 0 Å². The average Bonchev–Trinajstić information content (AvgIpc) is 2.56. The van der Waals surface area contributed by atoms with Crippen molar-refractivity contribution in [2.75, 3.05) is 20.0 Å². The molecule has 1 aliphatic rings. The van der Waals surface area contributed by atoms with E-state index in [0.29, 0.717) is 5.13 Å². The third-order valence-electron chi connectivity index (χ3n) is 2.55. The molecule has 0 saturated carbocycles. The number of methoxy groups -OCH3 is 2. The number of anilines is 1. The molecule has 1 aromatic heterocycles. The molecular formula is C9H14N2O2S. The molecule has 0 aliphatic heterocycles. The number of nitrogens with zero attached hydrogens (tertiary/aromatic N) is 1. The Morgan fingerprint density at radius 1 is 1.43 bits per heavy atom. The number of ether oxygens (including phenoxy) is 2. The molecule has 0 radical (unpaired) electrons. The minimum atomic E-state index is 0.0958. The fraction of sp³-hybridized carbons (Fsp3) is 0.667. The minimum absolute atomic E-state index is 0.0958. The normalized spacial score (nSPS) is 26.1. The summed E-state index contributed by atoms with van der Waals surface area (Å²) in [6, 6.07) is 0. The lowest BCUT2D eigenvalue weighted by Gasteiger charge is -2.26. The summed E-state index contributed by atoms with van der Waals surface area (Å²) in [7, 11) is 3.43. The zero-order valence-electron chi connectivity index (χ0n) is 8.32. The van der Waals surface area contributed by atoms with Crippen LogP contribution in [0.15, 0.2) is 0 Å². The Morgan fingerprint density at radius 2 is 2.21 bits per heavy atom. The van der Waals surface area contributed by atoms with Crippen molar-refractivity contribution in [2.24, 2.45) is 0 Å². The van der Waals surface area contributed by atoms with Crippen molar-refractivity contribution in [1.29, 1.82) is 0 Å². The smallest absolute Gasteiger partial charge is 0.180 e. The number of hydrogen-bond donors (Lipinski definition) is 1. The summed E-state index contributed by atoms with van der Waals surface area (Å²) >= 11 is 1.52. The molecular weight excluding hydrogens is 200 g/mol. The van der Waals surface area contributed by atoms with Crippen molar-refractivity contribution in [3.8, 4) is 0 Å². The Labute approximate surface area is 87.0 Å². The Kier molecular flexibility index (Phi) is 2.71. The molecule has 0 spiro atoms. The van der Waals surface area contributed by atoms with Crippen LogP contribution in [0.3, 0.4) is 0 Å². The van der Waals surface area contributed by atoms with Gasteiger partial charge in [0.15, 0.2) is 5.13 Å². The number of fused-ring (bicyclic) bond motifs is 1. The first kappa shape index (κ1) is 9.89. The van der Waals surface area contributed by atoms with Crippen molar-refractivity contribution in [3.05, 3.63) is 10.6 Å². The molecule has 1 heterocycles. The van der Waals surface area contributed by atoms with Gasteiger partial charge in [0, 0.05) is 27.1 Å². The topological polar surface area (TPSA) is 57.4 Å². The molecule has 0 saturated heterocycles. The Morgan fingerprint density at radius 3 is 2.86 bits per heavy atom. The van der Waals surface area contributed by atoms with Gasteiger partial charge in [-0.25, -0.2) is 4.98 Å². The molecule has 2 unspecified atom stereocenters. The molecule has 5 heteroatoms. The van der Waals surface area contributed by atoms with E-state index in [-0.39, 0.29) is 12.2 Å². The van der Waals surface area contributed by atoms with Crippen molar-refractivity contribution in [1.82, 2.24) is 4.98 Å². The van der Waals surface area contributed by atoms with Crippen LogP contribution in [-0.4, -0.2) is 25.3 Å². The molecule has 14 heavy (non-hydrogen) atoms. The molecule has 78 valence electrons. The maximum absolute atomic E-state index is 5.67. The van der Waals surface area contributed by atoms with Crippen molar-refractivity contribution in [2.45, 2.75) is 25.0 Å². The SMILES string of the molecule is COC1Cc2nc(N)sc2C(OC)C1. The monoisotopic (exact) mass is 214 g/mol. The van der Waals surface area contributed by atoms with Crippen LogP contribution in [-0.2, 0) is 15.9 Å². The summed E-state index contributed by atoms with van der Waals surface area (Å²) in [5, 5.41) is 0.619. The number of aromatic nitrogens is 1. The lowest BCUT2D eigenvalue weighted by molar-refractivity contribution is 0.0131. The lowest BCUT2D eigenvalue weighted by atomic mass is 9.97. The largest absolute Gasteiger partial charge is 0.381 e. The molecule has 0 aromatic carbocycles. The van der Waals surface area contributed by atoms with E-state index in [0.717, 1.165) is 18.5 Å². The Balaban J connectivity index is 2.30. The third-order valence-corrected chi connectivity index (χ3v) is 3.57. The molecule has 2 atom stereocenters. The van der Waals surface area contributed by atoms with Gasteiger partial charge in [0.05, 0.1) is 22.8 Å². The van der Waals surface area contributed by atoms with Gasteiger partial charge in [0.1, 0.15) is 0 Å². The first-order valence-electron chi connectivity index (χ1n) is 4.55. The van der Waals surface area contributed by atoms with Crippen LogP contribution in [0.2, 0.25) is 0 Å². The zero-order chi connectivity index (χ0) is 10.1. The minimum Gasteiger partial charge on any atom is -0.381 e. The first-order valence-corrected chi connectivity index (χ1v) is 5.37. The van der Waals surface area contributed by atoms with Crippen LogP contribution in [0, 0.1) is 0 Å². The lowest BCUT2D eigenvalue weighted by Crippen LogP contribution is -2.24. The van der Waals surface area contributed by atoms with Gasteiger partial charge in [-0.2, -0.15) is 0 Å². The summed E-state index contributed by atoms with van der Waals surface area (Å²) in [6.45, 7) is 0. The summed E-state index contributed by atoms with van der Waals surface area (Å²) < 4.78 is 10.7. The van der Waals surface area contributed by atoms with Crippen molar-refractivity contribution >= 4 is 16.5 Å². The molecule has 2 rings (SSSR count). The second kappa shape index (κ2) is 3.84. The second-order valence-corrected chi connectivity index (χ2v) is 4.45. The van der Waals surface area contributed by atoms with Crippen LogP contribution < -0.4 is 5.73 Å². The third kappa shape index (κ3) is 1.63. The Bertz CT molecular complexity index is 327. The highest BCUT2D eigenvalue weighted by atomic mass is 32.1. The number of rotatable bonds is 2. The molecule has 2 N–H and O–H groups in total. The van der Waals surface area contributed by atoms with Crippen molar-refractivity contribution in [3.63, 3.8) is 0 Å². The number of nitrogens with two attached hydrogens (primary N) is 1. The maximum Gasteiger partial charge on any atom is 0.180 e. The molecule has 0 fully saturated rings. The van der Waals surface area contributed by atoms with E-state index in [1.165, 1.54) is 16.2 Å². The van der Waals surface area contributed by atoms with Crippen molar-refractivity contribution < 1.29 is 9.47 Å². The summed E-state index contributed by atoms with van der Waals surface area (Å²) in [6.07, 6.45) is 2.04. The average molecular weight is 214 g/mol. The quantitative estimate of drug-likeness (QED) is 0.808. The first-order chi connectivity index (χ1) is 6.74. The van der Waals surface area contributed by atoms with E-state index in [1.807, 2.05) is 0 Å². The highest BCUT2D eigenvalue weighted by Gasteiger charge is 2.30. The molecule has 4 nitrogen and oxygen atoms in total. The van der Waals surface area contributed by atoms with E-state index < -0.39 is 0 Å². The predicted octanol–water partition coefficient (Wildman–Crippen LogP) is 1.37. The van der Waals surface area contributed by atoms with E-state index in [1.54, 1.807) is 14.2 Å². The van der Waals surface area contributed by atoms with Gasteiger partial charge in [-0.1, -0.05) is 11.3 Å². The molecule has 1 aromatic rings. The number of nitrogen functional groups attached to an aromatic ring is 1.